The smallest absolute Gasteiger partial charge is 0.130 e. The van der Waals surface area contributed by atoms with Crippen molar-refractivity contribution in [2.75, 3.05) is 7.11 Å². The fourth-order valence-corrected chi connectivity index (χ4v) is 1.31. The Morgan fingerprint density at radius 1 is 1.43 bits per heavy atom. The highest BCUT2D eigenvalue weighted by molar-refractivity contribution is 5.63. The minimum absolute atomic E-state index is 0.0390. The van der Waals surface area contributed by atoms with E-state index in [2.05, 4.69) is 20.4 Å². The van der Waals surface area contributed by atoms with Crippen LogP contribution in [-0.2, 0) is 0 Å². The maximum absolute atomic E-state index is 9.29. The molecule has 1 aromatic carbocycles. The summed E-state index contributed by atoms with van der Waals surface area (Å²) in [4.78, 5) is 0. The first-order chi connectivity index (χ1) is 6.56. The molecule has 0 unspecified atom stereocenters. The fraction of sp³-hybridized carbons (Fsp3) is 0.333. The molecule has 0 radical (unpaired) electrons. The number of rotatable bonds is 3. The largest absolute Gasteiger partial charge is 0.508 e. The highest BCUT2D eigenvalue weighted by atomic mass is 16.5. The van der Waals surface area contributed by atoms with Crippen LogP contribution in [0, 0.1) is 0 Å². The molecule has 0 atom stereocenters. The van der Waals surface area contributed by atoms with E-state index in [-0.39, 0.29) is 5.76 Å². The minimum atomic E-state index is 0.0390. The maximum Gasteiger partial charge on any atom is 0.130 e. The van der Waals surface area contributed by atoms with E-state index >= 15 is 0 Å². The van der Waals surface area contributed by atoms with Crippen molar-refractivity contribution in [2.24, 2.45) is 0 Å². The molecule has 1 rings (SSSR count). The molecule has 0 saturated carbocycles. The van der Waals surface area contributed by atoms with Crippen molar-refractivity contribution in [2.45, 2.75) is 19.8 Å². The van der Waals surface area contributed by atoms with Crippen LogP contribution in [0.2, 0.25) is 0 Å². The topological polar surface area (TPSA) is 29.5 Å². The van der Waals surface area contributed by atoms with Crippen molar-refractivity contribution in [3.8, 4) is 5.75 Å². The van der Waals surface area contributed by atoms with E-state index < -0.39 is 0 Å². The van der Waals surface area contributed by atoms with Gasteiger partial charge in [-0.05, 0) is 23.6 Å². The Kier molecular flexibility index (Phi) is 3.18. The molecule has 1 aromatic rings. The van der Waals surface area contributed by atoms with Gasteiger partial charge in [-0.1, -0.05) is 26.5 Å². The summed E-state index contributed by atoms with van der Waals surface area (Å²) >= 11 is 0. The van der Waals surface area contributed by atoms with E-state index in [9.17, 15) is 5.11 Å². The monoisotopic (exact) mass is 192 g/mol. The van der Waals surface area contributed by atoms with Gasteiger partial charge in [-0.2, -0.15) is 0 Å². The molecule has 2 heteroatoms. The lowest BCUT2D eigenvalue weighted by Gasteiger charge is -2.11. The Hall–Kier alpha value is -1.44. The van der Waals surface area contributed by atoms with Crippen LogP contribution in [0.4, 0.5) is 0 Å². The molecule has 76 valence electrons. The van der Waals surface area contributed by atoms with Gasteiger partial charge in [0, 0.05) is 0 Å². The second-order valence-corrected chi connectivity index (χ2v) is 3.56. The molecule has 0 saturated heterocycles. The predicted octanol–water partition coefficient (Wildman–Crippen LogP) is 3.35. The number of hydrogen-bond acceptors (Lipinski definition) is 2. The van der Waals surface area contributed by atoms with Gasteiger partial charge in [-0.15, -0.1) is 0 Å². The molecule has 0 bridgehead atoms. The average Bonchev–Trinajstić information content (AvgIpc) is 2.16. The lowest BCUT2D eigenvalue weighted by atomic mass is 10.0. The second-order valence-electron chi connectivity index (χ2n) is 3.56. The molecule has 0 amide bonds. The van der Waals surface area contributed by atoms with E-state index in [0.29, 0.717) is 17.2 Å². The Morgan fingerprint density at radius 2 is 2.07 bits per heavy atom. The SMILES string of the molecule is C=C(O)c1ccc(C(C)C)cc1OC. The van der Waals surface area contributed by atoms with Crippen LogP contribution in [0.15, 0.2) is 24.8 Å². The van der Waals surface area contributed by atoms with Gasteiger partial charge in [0.15, 0.2) is 0 Å². The average molecular weight is 192 g/mol. The molecule has 2 nitrogen and oxygen atoms in total. The minimum Gasteiger partial charge on any atom is -0.508 e. The third kappa shape index (κ3) is 2.08. The predicted molar refractivity (Wildman–Crippen MR) is 58.7 cm³/mol. The van der Waals surface area contributed by atoms with Crippen molar-refractivity contribution in [3.63, 3.8) is 0 Å². The highest BCUT2D eigenvalue weighted by Gasteiger charge is 2.08. The summed E-state index contributed by atoms with van der Waals surface area (Å²) in [5.74, 6) is 1.16. The van der Waals surface area contributed by atoms with Crippen molar-refractivity contribution in [3.05, 3.63) is 35.9 Å². The summed E-state index contributed by atoms with van der Waals surface area (Å²) in [5.41, 5.74) is 1.84. The zero-order valence-corrected chi connectivity index (χ0v) is 8.87. The molecule has 0 aliphatic rings. The molecule has 0 aromatic heterocycles. The summed E-state index contributed by atoms with van der Waals surface area (Å²) in [5, 5.41) is 9.29. The van der Waals surface area contributed by atoms with Gasteiger partial charge in [0.2, 0.25) is 0 Å². The Morgan fingerprint density at radius 3 is 2.50 bits per heavy atom. The van der Waals surface area contributed by atoms with Crippen molar-refractivity contribution in [1.29, 1.82) is 0 Å². The number of ether oxygens (including phenoxy) is 1. The van der Waals surface area contributed by atoms with Gasteiger partial charge in [-0.25, -0.2) is 0 Å². The van der Waals surface area contributed by atoms with Crippen LogP contribution in [0.1, 0.15) is 30.9 Å². The van der Waals surface area contributed by atoms with Gasteiger partial charge in [0.1, 0.15) is 11.5 Å². The van der Waals surface area contributed by atoms with E-state index in [0.717, 1.165) is 0 Å². The third-order valence-electron chi connectivity index (χ3n) is 2.20. The van der Waals surface area contributed by atoms with Gasteiger partial charge in [0.25, 0.3) is 0 Å². The van der Waals surface area contributed by atoms with Crippen molar-refractivity contribution < 1.29 is 9.84 Å². The molecule has 1 N–H and O–H groups in total. The summed E-state index contributed by atoms with van der Waals surface area (Å²) in [7, 11) is 1.59. The molecule has 0 fully saturated rings. The summed E-state index contributed by atoms with van der Waals surface area (Å²) in [6, 6.07) is 5.74. The summed E-state index contributed by atoms with van der Waals surface area (Å²) in [6.07, 6.45) is 0. The molecule has 0 spiro atoms. The first-order valence-corrected chi connectivity index (χ1v) is 4.62. The van der Waals surface area contributed by atoms with Crippen LogP contribution >= 0.6 is 0 Å². The van der Waals surface area contributed by atoms with Gasteiger partial charge < -0.3 is 9.84 Å². The van der Waals surface area contributed by atoms with Crippen LogP contribution in [0.5, 0.6) is 5.75 Å². The van der Waals surface area contributed by atoms with E-state index in [1.807, 2.05) is 18.2 Å². The lowest BCUT2D eigenvalue weighted by molar-refractivity contribution is 0.408. The molecular formula is C12H16O2. The summed E-state index contributed by atoms with van der Waals surface area (Å²) in [6.45, 7) is 7.71. The highest BCUT2D eigenvalue weighted by Crippen LogP contribution is 2.27. The standard InChI is InChI=1S/C12H16O2/c1-8(2)10-5-6-11(9(3)13)12(7-10)14-4/h5-8,13H,3H2,1-2,4H3. The molecule has 0 heterocycles. The first-order valence-electron chi connectivity index (χ1n) is 4.62. The maximum atomic E-state index is 9.29. The van der Waals surface area contributed by atoms with Gasteiger partial charge >= 0.3 is 0 Å². The van der Waals surface area contributed by atoms with Crippen LogP contribution < -0.4 is 4.74 Å². The lowest BCUT2D eigenvalue weighted by Crippen LogP contribution is -1.94. The van der Waals surface area contributed by atoms with E-state index in [1.165, 1.54) is 5.56 Å². The Balaban J connectivity index is 3.18. The third-order valence-corrected chi connectivity index (χ3v) is 2.20. The molecule has 0 aliphatic heterocycles. The zero-order valence-electron chi connectivity index (χ0n) is 8.87. The number of benzene rings is 1. The second kappa shape index (κ2) is 4.18. The van der Waals surface area contributed by atoms with Gasteiger partial charge in [0.05, 0.1) is 12.7 Å². The van der Waals surface area contributed by atoms with Crippen LogP contribution in [-0.4, -0.2) is 12.2 Å². The van der Waals surface area contributed by atoms with Crippen LogP contribution in [0.25, 0.3) is 5.76 Å². The number of aliphatic hydroxyl groups is 1. The van der Waals surface area contributed by atoms with E-state index in [4.69, 9.17) is 4.74 Å². The normalized spacial score (nSPS) is 10.3. The number of hydrogen-bond donors (Lipinski definition) is 1. The molecular weight excluding hydrogens is 176 g/mol. The number of methoxy groups -OCH3 is 1. The molecule has 14 heavy (non-hydrogen) atoms. The molecule has 0 aliphatic carbocycles. The Bertz CT molecular complexity index is 340. The summed E-state index contributed by atoms with van der Waals surface area (Å²) < 4.78 is 5.18. The quantitative estimate of drug-likeness (QED) is 0.744. The van der Waals surface area contributed by atoms with Gasteiger partial charge in [-0.3, -0.25) is 0 Å². The fourth-order valence-electron chi connectivity index (χ4n) is 1.31. The number of aliphatic hydroxyl groups excluding tert-OH is 1. The first kappa shape index (κ1) is 10.6. The Labute approximate surface area is 84.8 Å². The van der Waals surface area contributed by atoms with Crippen LogP contribution in [0.3, 0.4) is 0 Å². The van der Waals surface area contributed by atoms with Crippen molar-refractivity contribution in [1.82, 2.24) is 0 Å². The zero-order chi connectivity index (χ0) is 10.7. The van der Waals surface area contributed by atoms with Crippen molar-refractivity contribution >= 4 is 5.76 Å². The van der Waals surface area contributed by atoms with E-state index in [1.54, 1.807) is 7.11 Å².